The zero-order chi connectivity index (χ0) is 13.3. The molecule has 1 aliphatic rings. The summed E-state index contributed by atoms with van der Waals surface area (Å²) in [5, 5.41) is 3.53. The summed E-state index contributed by atoms with van der Waals surface area (Å²) >= 11 is 0. The lowest BCUT2D eigenvalue weighted by molar-refractivity contribution is 0.457. The molecule has 4 heteroatoms. The predicted octanol–water partition coefficient (Wildman–Crippen LogP) is 2.45. The first-order valence-corrected chi connectivity index (χ1v) is 6.78. The van der Waals surface area contributed by atoms with Crippen LogP contribution < -0.4 is 11.1 Å². The van der Waals surface area contributed by atoms with Crippen molar-refractivity contribution in [2.45, 2.75) is 52.0 Å². The first-order chi connectivity index (χ1) is 8.44. The summed E-state index contributed by atoms with van der Waals surface area (Å²) in [5.74, 6) is 2.83. The van der Waals surface area contributed by atoms with Crippen molar-refractivity contribution in [2.24, 2.45) is 11.7 Å². The number of hydrogen-bond donors (Lipinski definition) is 2. The summed E-state index contributed by atoms with van der Waals surface area (Å²) in [4.78, 5) is 9.07. The summed E-state index contributed by atoms with van der Waals surface area (Å²) in [7, 11) is 0. The molecule has 0 aliphatic heterocycles. The zero-order valence-electron chi connectivity index (χ0n) is 11.8. The second kappa shape index (κ2) is 4.84. The lowest BCUT2D eigenvalue weighted by Crippen LogP contribution is -2.45. The van der Waals surface area contributed by atoms with E-state index >= 15 is 0 Å². The van der Waals surface area contributed by atoms with E-state index in [1.54, 1.807) is 0 Å². The summed E-state index contributed by atoms with van der Waals surface area (Å²) < 4.78 is 0. The summed E-state index contributed by atoms with van der Waals surface area (Å²) in [5.41, 5.74) is 6.90. The van der Waals surface area contributed by atoms with E-state index in [0.29, 0.717) is 18.4 Å². The van der Waals surface area contributed by atoms with Crippen LogP contribution in [0.5, 0.6) is 0 Å². The van der Waals surface area contributed by atoms with Gasteiger partial charge in [0.05, 0.1) is 5.54 Å². The zero-order valence-corrected chi connectivity index (χ0v) is 11.8. The van der Waals surface area contributed by atoms with E-state index in [0.717, 1.165) is 17.3 Å². The Balaban J connectivity index is 2.22. The van der Waals surface area contributed by atoms with Gasteiger partial charge in [0.15, 0.2) is 0 Å². The van der Waals surface area contributed by atoms with Crippen molar-refractivity contribution >= 4 is 5.82 Å². The Bertz CT molecular complexity index is 426. The van der Waals surface area contributed by atoms with Crippen molar-refractivity contribution in [3.8, 4) is 0 Å². The molecule has 0 spiro atoms. The van der Waals surface area contributed by atoms with Crippen LogP contribution in [0.2, 0.25) is 0 Å². The molecule has 1 fully saturated rings. The van der Waals surface area contributed by atoms with E-state index in [9.17, 15) is 0 Å². The molecular formula is C14H24N4. The molecule has 1 atom stereocenters. The molecule has 0 amide bonds. The molecule has 2 rings (SSSR count). The Kier molecular flexibility index (Phi) is 3.57. The topological polar surface area (TPSA) is 63.8 Å². The maximum Gasteiger partial charge on any atom is 0.133 e. The van der Waals surface area contributed by atoms with Crippen LogP contribution in [-0.2, 0) is 0 Å². The molecule has 1 aromatic heterocycles. The van der Waals surface area contributed by atoms with Crippen LogP contribution in [0.1, 0.15) is 51.0 Å². The van der Waals surface area contributed by atoms with Crippen molar-refractivity contribution in [3.05, 3.63) is 17.6 Å². The average Bonchev–Trinajstić information content (AvgIpc) is 3.12. The van der Waals surface area contributed by atoms with Gasteiger partial charge in [-0.2, -0.15) is 0 Å². The predicted molar refractivity (Wildman–Crippen MR) is 74.7 cm³/mol. The fourth-order valence-electron chi connectivity index (χ4n) is 2.25. The lowest BCUT2D eigenvalue weighted by atomic mass is 9.96. The maximum absolute atomic E-state index is 5.93. The summed E-state index contributed by atoms with van der Waals surface area (Å²) in [6.07, 6.45) is 2.53. The van der Waals surface area contributed by atoms with Crippen LogP contribution in [0.4, 0.5) is 5.82 Å². The minimum absolute atomic E-state index is 0.0327. The van der Waals surface area contributed by atoms with Gasteiger partial charge < -0.3 is 11.1 Å². The number of rotatable bonds is 5. The molecule has 1 aliphatic carbocycles. The Morgan fingerprint density at radius 3 is 2.61 bits per heavy atom. The molecule has 1 saturated carbocycles. The molecule has 0 saturated heterocycles. The number of aromatic nitrogens is 2. The first-order valence-electron chi connectivity index (χ1n) is 6.78. The van der Waals surface area contributed by atoms with Gasteiger partial charge in [-0.05, 0) is 32.6 Å². The SMILES string of the molecule is Cc1cc(NC(C)(CN)C2CC2)nc(C(C)C)n1. The number of aryl methyl sites for hydroxylation is 1. The molecule has 1 heterocycles. The van der Waals surface area contributed by atoms with E-state index < -0.39 is 0 Å². The van der Waals surface area contributed by atoms with E-state index in [1.807, 2.05) is 13.0 Å². The highest BCUT2D eigenvalue weighted by molar-refractivity contribution is 5.40. The Morgan fingerprint density at radius 2 is 2.11 bits per heavy atom. The van der Waals surface area contributed by atoms with Crippen LogP contribution in [0.25, 0.3) is 0 Å². The number of nitrogens with zero attached hydrogens (tertiary/aromatic N) is 2. The molecule has 1 unspecified atom stereocenters. The van der Waals surface area contributed by atoms with Crippen molar-refractivity contribution in [2.75, 3.05) is 11.9 Å². The van der Waals surface area contributed by atoms with E-state index in [4.69, 9.17) is 5.73 Å². The Morgan fingerprint density at radius 1 is 1.44 bits per heavy atom. The van der Waals surface area contributed by atoms with Gasteiger partial charge in [0.1, 0.15) is 11.6 Å². The van der Waals surface area contributed by atoms with Crippen LogP contribution >= 0.6 is 0 Å². The molecule has 0 aromatic carbocycles. The van der Waals surface area contributed by atoms with Crippen LogP contribution in [0, 0.1) is 12.8 Å². The number of anilines is 1. The quantitative estimate of drug-likeness (QED) is 0.840. The third-order valence-electron chi connectivity index (χ3n) is 3.70. The van der Waals surface area contributed by atoms with Gasteiger partial charge in [-0.3, -0.25) is 0 Å². The van der Waals surface area contributed by atoms with Gasteiger partial charge in [0.2, 0.25) is 0 Å². The highest BCUT2D eigenvalue weighted by Crippen LogP contribution is 2.40. The van der Waals surface area contributed by atoms with Gasteiger partial charge in [0, 0.05) is 24.2 Å². The molecule has 100 valence electrons. The fourth-order valence-corrected chi connectivity index (χ4v) is 2.25. The third kappa shape index (κ3) is 2.80. The smallest absolute Gasteiger partial charge is 0.133 e. The molecule has 3 N–H and O–H groups in total. The Labute approximate surface area is 109 Å². The van der Waals surface area contributed by atoms with Gasteiger partial charge in [-0.25, -0.2) is 9.97 Å². The van der Waals surface area contributed by atoms with Crippen LogP contribution in [-0.4, -0.2) is 22.1 Å². The molecule has 0 bridgehead atoms. The van der Waals surface area contributed by atoms with Crippen molar-refractivity contribution in [3.63, 3.8) is 0 Å². The molecule has 1 aromatic rings. The summed E-state index contributed by atoms with van der Waals surface area (Å²) in [6, 6.07) is 2.00. The molecule has 0 radical (unpaired) electrons. The highest BCUT2D eigenvalue weighted by Gasteiger charge is 2.40. The van der Waals surface area contributed by atoms with Crippen LogP contribution in [0.15, 0.2) is 6.07 Å². The second-order valence-electron chi connectivity index (χ2n) is 5.93. The standard InChI is InChI=1S/C14H24N4/c1-9(2)13-16-10(3)7-12(17-13)18-14(4,8-15)11-5-6-11/h7,9,11H,5-6,8,15H2,1-4H3,(H,16,17,18). The van der Waals surface area contributed by atoms with Crippen molar-refractivity contribution in [1.82, 2.24) is 9.97 Å². The van der Waals surface area contributed by atoms with E-state index in [1.165, 1.54) is 12.8 Å². The van der Waals surface area contributed by atoms with E-state index in [-0.39, 0.29) is 5.54 Å². The normalized spacial score (nSPS) is 18.8. The van der Waals surface area contributed by atoms with Gasteiger partial charge in [0.25, 0.3) is 0 Å². The van der Waals surface area contributed by atoms with Gasteiger partial charge in [-0.15, -0.1) is 0 Å². The number of hydrogen-bond acceptors (Lipinski definition) is 4. The van der Waals surface area contributed by atoms with Crippen molar-refractivity contribution < 1.29 is 0 Å². The van der Waals surface area contributed by atoms with E-state index in [2.05, 4.69) is 36.1 Å². The minimum Gasteiger partial charge on any atom is -0.363 e. The first kappa shape index (κ1) is 13.3. The van der Waals surface area contributed by atoms with Crippen molar-refractivity contribution in [1.29, 1.82) is 0 Å². The molecule has 4 nitrogen and oxygen atoms in total. The van der Waals surface area contributed by atoms with Crippen LogP contribution in [0.3, 0.4) is 0 Å². The Hall–Kier alpha value is -1.16. The highest BCUT2D eigenvalue weighted by atomic mass is 15.1. The second-order valence-corrected chi connectivity index (χ2v) is 5.93. The van der Waals surface area contributed by atoms with Gasteiger partial charge >= 0.3 is 0 Å². The number of nitrogens with two attached hydrogens (primary N) is 1. The lowest BCUT2D eigenvalue weighted by Gasteiger charge is -2.30. The minimum atomic E-state index is -0.0327. The molecule has 18 heavy (non-hydrogen) atoms. The average molecular weight is 248 g/mol. The monoisotopic (exact) mass is 248 g/mol. The fraction of sp³-hybridized carbons (Fsp3) is 0.714. The maximum atomic E-state index is 5.93. The number of nitrogens with one attached hydrogen (secondary N) is 1. The molecular weight excluding hydrogens is 224 g/mol. The third-order valence-corrected chi connectivity index (χ3v) is 3.70. The van der Waals surface area contributed by atoms with Gasteiger partial charge in [-0.1, -0.05) is 13.8 Å². The summed E-state index contributed by atoms with van der Waals surface area (Å²) in [6.45, 7) is 9.06. The largest absolute Gasteiger partial charge is 0.363 e.